The van der Waals surface area contributed by atoms with Crippen LogP contribution in [-0.4, -0.2) is 12.8 Å². The van der Waals surface area contributed by atoms with Gasteiger partial charge in [0.2, 0.25) is 0 Å². The van der Waals surface area contributed by atoms with Crippen LogP contribution in [0.1, 0.15) is 23.6 Å². The molecule has 0 radical (unpaired) electrons. The fourth-order valence-electron chi connectivity index (χ4n) is 2.61. The maximum Gasteiger partial charge on any atom is 0.180 e. The molecule has 5 heteroatoms. The van der Waals surface area contributed by atoms with Crippen molar-refractivity contribution in [2.45, 2.75) is 20.5 Å². The lowest BCUT2D eigenvalue weighted by molar-refractivity contribution is 0.266. The molecular formula is C23H21ClFNO2. The lowest BCUT2D eigenvalue weighted by Gasteiger charge is -2.14. The molecule has 0 saturated heterocycles. The highest BCUT2D eigenvalue weighted by molar-refractivity contribution is 6.32. The van der Waals surface area contributed by atoms with Crippen LogP contribution in [0.15, 0.2) is 65.7 Å². The van der Waals surface area contributed by atoms with Crippen LogP contribution >= 0.6 is 11.6 Å². The first-order chi connectivity index (χ1) is 13.6. The molecule has 3 aromatic rings. The summed E-state index contributed by atoms with van der Waals surface area (Å²) in [6, 6.07) is 17.9. The molecule has 0 saturated carbocycles. The number of ether oxygens (including phenoxy) is 2. The molecule has 28 heavy (non-hydrogen) atoms. The van der Waals surface area contributed by atoms with Gasteiger partial charge in [0.15, 0.2) is 11.5 Å². The molecule has 0 spiro atoms. The Bertz CT molecular complexity index is 971. The minimum Gasteiger partial charge on any atom is -0.490 e. The van der Waals surface area contributed by atoms with E-state index in [0.29, 0.717) is 28.7 Å². The fraction of sp³-hybridized carbons (Fsp3) is 0.174. The zero-order chi connectivity index (χ0) is 19.9. The first-order valence-corrected chi connectivity index (χ1v) is 9.38. The zero-order valence-electron chi connectivity index (χ0n) is 15.8. The second-order valence-corrected chi connectivity index (χ2v) is 6.64. The molecule has 144 valence electrons. The van der Waals surface area contributed by atoms with Gasteiger partial charge in [0, 0.05) is 11.8 Å². The van der Waals surface area contributed by atoms with Gasteiger partial charge in [0.1, 0.15) is 12.4 Å². The van der Waals surface area contributed by atoms with Crippen molar-refractivity contribution < 1.29 is 13.9 Å². The Morgan fingerprint density at radius 3 is 2.50 bits per heavy atom. The van der Waals surface area contributed by atoms with Gasteiger partial charge in [0.25, 0.3) is 0 Å². The predicted molar refractivity (Wildman–Crippen MR) is 112 cm³/mol. The summed E-state index contributed by atoms with van der Waals surface area (Å²) >= 11 is 6.42. The normalized spacial score (nSPS) is 11.0. The molecule has 3 rings (SSSR count). The van der Waals surface area contributed by atoms with Gasteiger partial charge in [-0.15, -0.1) is 0 Å². The second-order valence-electron chi connectivity index (χ2n) is 6.24. The highest BCUT2D eigenvalue weighted by Crippen LogP contribution is 2.37. The van der Waals surface area contributed by atoms with Crippen LogP contribution in [0.2, 0.25) is 5.02 Å². The van der Waals surface area contributed by atoms with Gasteiger partial charge >= 0.3 is 0 Å². The van der Waals surface area contributed by atoms with Gasteiger partial charge in [-0.05, 0) is 49.7 Å². The van der Waals surface area contributed by atoms with E-state index in [1.807, 2.05) is 44.2 Å². The molecule has 3 nitrogen and oxygen atoms in total. The first-order valence-electron chi connectivity index (χ1n) is 9.00. The molecule has 0 aliphatic carbocycles. The largest absolute Gasteiger partial charge is 0.490 e. The molecule has 0 aliphatic rings. The molecule has 0 heterocycles. The highest BCUT2D eigenvalue weighted by Gasteiger charge is 2.13. The Balaban J connectivity index is 1.83. The van der Waals surface area contributed by atoms with Crippen molar-refractivity contribution in [1.29, 1.82) is 0 Å². The van der Waals surface area contributed by atoms with Crippen LogP contribution in [0.5, 0.6) is 11.5 Å². The van der Waals surface area contributed by atoms with Crippen LogP contribution in [0.4, 0.5) is 10.1 Å². The van der Waals surface area contributed by atoms with Crippen molar-refractivity contribution in [3.8, 4) is 11.5 Å². The number of hydrogen-bond acceptors (Lipinski definition) is 3. The van der Waals surface area contributed by atoms with Crippen LogP contribution in [0.25, 0.3) is 0 Å². The highest BCUT2D eigenvalue weighted by atomic mass is 35.5. The van der Waals surface area contributed by atoms with E-state index < -0.39 is 0 Å². The van der Waals surface area contributed by atoms with E-state index in [2.05, 4.69) is 4.99 Å². The number of halogens is 2. The number of aryl methyl sites for hydroxylation is 1. The van der Waals surface area contributed by atoms with E-state index in [0.717, 1.165) is 11.3 Å². The Morgan fingerprint density at radius 2 is 1.79 bits per heavy atom. The lowest BCUT2D eigenvalue weighted by Crippen LogP contribution is -2.02. The summed E-state index contributed by atoms with van der Waals surface area (Å²) in [5.41, 5.74) is 3.26. The van der Waals surface area contributed by atoms with E-state index in [-0.39, 0.29) is 12.4 Å². The third kappa shape index (κ3) is 5.11. The Kier molecular flexibility index (Phi) is 6.66. The van der Waals surface area contributed by atoms with Crippen molar-refractivity contribution in [3.05, 3.63) is 88.2 Å². The van der Waals surface area contributed by atoms with Gasteiger partial charge in [-0.2, -0.15) is 0 Å². The number of aliphatic imine (C=N–C) groups is 1. The molecule has 0 bridgehead atoms. The molecule has 0 N–H and O–H groups in total. The average molecular weight is 398 g/mol. The number of benzene rings is 3. The summed E-state index contributed by atoms with van der Waals surface area (Å²) in [6.45, 7) is 4.41. The van der Waals surface area contributed by atoms with Crippen molar-refractivity contribution in [1.82, 2.24) is 0 Å². The lowest BCUT2D eigenvalue weighted by atomic mass is 10.2. The predicted octanol–water partition coefficient (Wildman–Crippen LogP) is 6.52. The van der Waals surface area contributed by atoms with Crippen molar-refractivity contribution in [2.75, 3.05) is 6.61 Å². The van der Waals surface area contributed by atoms with Gasteiger partial charge < -0.3 is 9.47 Å². The maximum absolute atomic E-state index is 13.8. The number of nitrogens with zero attached hydrogens (tertiary/aromatic N) is 1. The van der Waals surface area contributed by atoms with E-state index in [9.17, 15) is 4.39 Å². The second kappa shape index (κ2) is 9.38. The maximum atomic E-state index is 13.8. The van der Waals surface area contributed by atoms with Gasteiger partial charge in [-0.25, -0.2) is 4.39 Å². The summed E-state index contributed by atoms with van der Waals surface area (Å²) in [7, 11) is 0. The quantitative estimate of drug-likeness (QED) is 0.425. The smallest absolute Gasteiger partial charge is 0.180 e. The van der Waals surface area contributed by atoms with Crippen molar-refractivity contribution in [2.24, 2.45) is 4.99 Å². The van der Waals surface area contributed by atoms with E-state index >= 15 is 0 Å². The fourth-order valence-corrected chi connectivity index (χ4v) is 2.88. The summed E-state index contributed by atoms with van der Waals surface area (Å²) in [5.74, 6) is 0.564. The van der Waals surface area contributed by atoms with Gasteiger partial charge in [0.05, 0.1) is 17.3 Å². The SMILES string of the molecule is CCOc1cc(C=Nc2ccc(C)cc2)cc(Cl)c1OCc1ccccc1F. The van der Waals surface area contributed by atoms with Crippen LogP contribution < -0.4 is 9.47 Å². The summed E-state index contributed by atoms with van der Waals surface area (Å²) < 4.78 is 25.3. The van der Waals surface area contributed by atoms with E-state index in [4.69, 9.17) is 21.1 Å². The number of hydrogen-bond donors (Lipinski definition) is 0. The first kappa shape index (κ1) is 19.9. The number of rotatable bonds is 7. The van der Waals surface area contributed by atoms with Gasteiger partial charge in [-0.1, -0.05) is 47.5 Å². The van der Waals surface area contributed by atoms with Crippen LogP contribution in [0.3, 0.4) is 0 Å². The summed E-state index contributed by atoms with van der Waals surface area (Å²) in [6.07, 6.45) is 1.72. The summed E-state index contributed by atoms with van der Waals surface area (Å²) in [4.78, 5) is 4.47. The molecule has 0 amide bonds. The molecule has 3 aromatic carbocycles. The van der Waals surface area contributed by atoms with Crippen LogP contribution in [-0.2, 0) is 6.61 Å². The summed E-state index contributed by atoms with van der Waals surface area (Å²) in [5, 5.41) is 0.382. The molecule has 0 aliphatic heterocycles. The molecule has 0 fully saturated rings. The molecule has 0 atom stereocenters. The Hall–Kier alpha value is -2.85. The van der Waals surface area contributed by atoms with Gasteiger partial charge in [-0.3, -0.25) is 4.99 Å². The standard InChI is InChI=1S/C23H21ClFNO2/c1-3-27-22-13-17(14-26-19-10-8-16(2)9-11-19)12-20(24)23(22)28-15-18-6-4-5-7-21(18)25/h4-14H,3,15H2,1-2H3. The Labute approximate surface area is 169 Å². The average Bonchev–Trinajstić information content (AvgIpc) is 2.68. The topological polar surface area (TPSA) is 30.8 Å². The van der Waals surface area contributed by atoms with E-state index in [1.165, 1.54) is 11.6 Å². The zero-order valence-corrected chi connectivity index (χ0v) is 16.5. The monoisotopic (exact) mass is 397 g/mol. The molecule has 0 unspecified atom stereocenters. The van der Waals surface area contributed by atoms with Crippen molar-refractivity contribution in [3.63, 3.8) is 0 Å². The minimum atomic E-state index is -0.321. The van der Waals surface area contributed by atoms with Crippen LogP contribution in [0, 0.1) is 12.7 Å². The Morgan fingerprint density at radius 1 is 1.04 bits per heavy atom. The molecular weight excluding hydrogens is 377 g/mol. The van der Waals surface area contributed by atoms with Crippen molar-refractivity contribution >= 4 is 23.5 Å². The third-order valence-corrected chi connectivity index (χ3v) is 4.34. The third-order valence-electron chi connectivity index (χ3n) is 4.06. The molecule has 0 aromatic heterocycles. The minimum absolute atomic E-state index is 0.0588. The van der Waals surface area contributed by atoms with E-state index in [1.54, 1.807) is 30.5 Å².